The molecule has 1 aromatic carbocycles. The molecule has 3 rings (SSSR count). The smallest absolute Gasteiger partial charge is 0.264 e. The summed E-state index contributed by atoms with van der Waals surface area (Å²) in [4.78, 5) is 12.4. The number of rotatable bonds is 4. The van der Waals surface area contributed by atoms with Crippen LogP contribution < -0.4 is 5.32 Å². The van der Waals surface area contributed by atoms with E-state index in [4.69, 9.17) is 4.42 Å². The Balaban J connectivity index is 2.04. The molecule has 0 saturated carbocycles. The lowest BCUT2D eigenvalue weighted by molar-refractivity contribution is -0.122. The molecule has 0 fully saturated rings. The van der Waals surface area contributed by atoms with Crippen LogP contribution in [0.2, 0.25) is 0 Å². The van der Waals surface area contributed by atoms with E-state index >= 15 is 0 Å². The van der Waals surface area contributed by atoms with Crippen molar-refractivity contribution in [3.05, 3.63) is 36.2 Å². The monoisotopic (exact) mass is 326 g/mol. The van der Waals surface area contributed by atoms with E-state index in [9.17, 15) is 4.79 Å². The number of hydrogen-bond donors (Lipinski definition) is 1. The highest BCUT2D eigenvalue weighted by Gasteiger charge is 2.20. The Morgan fingerprint density at radius 1 is 1.25 bits per heavy atom. The van der Waals surface area contributed by atoms with E-state index < -0.39 is 0 Å². The second-order valence-electron chi connectivity index (χ2n) is 6.83. The largest absolute Gasteiger partial charge is 0.419 e. The van der Waals surface area contributed by atoms with E-state index in [2.05, 4.69) is 15.5 Å². The molecule has 0 saturated heterocycles. The molecule has 2 aromatic heterocycles. The number of benzene rings is 1. The van der Waals surface area contributed by atoms with E-state index in [0.717, 1.165) is 16.6 Å². The van der Waals surface area contributed by atoms with Crippen molar-refractivity contribution in [2.24, 2.45) is 0 Å². The number of carbonyl (C=O) groups is 1. The number of fused-ring (bicyclic) bond motifs is 1. The predicted molar refractivity (Wildman–Crippen MR) is 92.5 cm³/mol. The van der Waals surface area contributed by atoms with Crippen molar-refractivity contribution in [1.82, 2.24) is 20.1 Å². The average Bonchev–Trinajstić information content (AvgIpc) is 3.10. The molecule has 0 aliphatic carbocycles. The summed E-state index contributed by atoms with van der Waals surface area (Å²) in [5.74, 6) is 0.966. The van der Waals surface area contributed by atoms with Gasteiger partial charge in [-0.3, -0.25) is 4.79 Å². The molecule has 0 atom stereocenters. The Bertz CT molecular complexity index is 871. The summed E-state index contributed by atoms with van der Waals surface area (Å²) in [6.45, 7) is 8.05. The Kier molecular flexibility index (Phi) is 4.13. The van der Waals surface area contributed by atoms with Gasteiger partial charge in [0.1, 0.15) is 12.2 Å². The Hall–Kier alpha value is -2.63. The molecular weight excluding hydrogens is 304 g/mol. The van der Waals surface area contributed by atoms with Crippen LogP contribution in [0.25, 0.3) is 22.5 Å². The first-order chi connectivity index (χ1) is 11.4. The lowest BCUT2D eigenvalue weighted by Gasteiger charge is -2.21. The lowest BCUT2D eigenvalue weighted by atomic mass is 10.1. The number of nitrogens with zero attached hydrogens (tertiary/aromatic N) is 3. The first kappa shape index (κ1) is 16.2. The van der Waals surface area contributed by atoms with E-state index in [1.54, 1.807) is 0 Å². The minimum absolute atomic E-state index is 0.0552. The second kappa shape index (κ2) is 6.11. The van der Waals surface area contributed by atoms with Gasteiger partial charge in [-0.05, 0) is 32.9 Å². The Morgan fingerprint density at radius 3 is 2.67 bits per heavy atom. The van der Waals surface area contributed by atoms with Crippen LogP contribution in [0.5, 0.6) is 0 Å². The van der Waals surface area contributed by atoms with Gasteiger partial charge in [0.25, 0.3) is 5.89 Å². The predicted octanol–water partition coefficient (Wildman–Crippen LogP) is 3.17. The highest BCUT2D eigenvalue weighted by Crippen LogP contribution is 2.27. The number of aryl methyl sites for hydroxylation is 1. The van der Waals surface area contributed by atoms with E-state index in [1.165, 1.54) is 0 Å². The quantitative estimate of drug-likeness (QED) is 0.799. The van der Waals surface area contributed by atoms with Crippen molar-refractivity contribution in [1.29, 1.82) is 0 Å². The van der Waals surface area contributed by atoms with Crippen LogP contribution in [0.1, 0.15) is 33.6 Å². The molecule has 1 N–H and O–H groups in total. The molecule has 0 bridgehead atoms. The molecule has 126 valence electrons. The van der Waals surface area contributed by atoms with Crippen LogP contribution in [0.3, 0.4) is 0 Å². The molecule has 1 amide bonds. The standard InChI is InChI=1S/C18H22N4O2/c1-5-16-20-21-17(24-16)14-10-12-8-6-7-9-13(12)22(14)11-15(23)19-18(2,3)4/h6-10H,5,11H2,1-4H3,(H,19,23). The van der Waals surface area contributed by atoms with Gasteiger partial charge in [-0.25, -0.2) is 0 Å². The van der Waals surface area contributed by atoms with Crippen LogP contribution in [-0.2, 0) is 17.8 Å². The third-order valence-electron chi connectivity index (χ3n) is 3.62. The number of nitrogens with one attached hydrogen (secondary N) is 1. The van der Waals surface area contributed by atoms with Crippen LogP contribution in [0, 0.1) is 0 Å². The molecule has 0 unspecified atom stereocenters. The molecule has 2 heterocycles. The van der Waals surface area contributed by atoms with Gasteiger partial charge in [-0.2, -0.15) is 0 Å². The maximum absolute atomic E-state index is 12.4. The SMILES string of the molecule is CCc1nnc(-c2cc3ccccc3n2CC(=O)NC(C)(C)C)o1. The molecule has 3 aromatic rings. The number of aromatic nitrogens is 3. The van der Waals surface area contributed by atoms with Crippen molar-refractivity contribution >= 4 is 16.8 Å². The van der Waals surface area contributed by atoms with E-state index in [0.29, 0.717) is 18.2 Å². The summed E-state index contributed by atoms with van der Waals surface area (Å²) < 4.78 is 7.62. The summed E-state index contributed by atoms with van der Waals surface area (Å²) in [6, 6.07) is 9.90. The Labute approximate surface area is 140 Å². The third kappa shape index (κ3) is 3.32. The van der Waals surface area contributed by atoms with Gasteiger partial charge in [0.05, 0.1) is 0 Å². The molecule has 24 heavy (non-hydrogen) atoms. The second-order valence-corrected chi connectivity index (χ2v) is 6.83. The maximum Gasteiger partial charge on any atom is 0.264 e. The molecule has 0 aliphatic heterocycles. The van der Waals surface area contributed by atoms with Crippen molar-refractivity contribution in [2.45, 2.75) is 46.2 Å². The number of amides is 1. The summed E-state index contributed by atoms with van der Waals surface area (Å²) in [7, 11) is 0. The maximum atomic E-state index is 12.4. The van der Waals surface area contributed by atoms with Crippen molar-refractivity contribution in [3.8, 4) is 11.6 Å². The van der Waals surface area contributed by atoms with Gasteiger partial charge < -0.3 is 14.3 Å². The molecule has 0 spiro atoms. The fourth-order valence-corrected chi connectivity index (χ4v) is 2.66. The minimum Gasteiger partial charge on any atom is -0.419 e. The number of hydrogen-bond acceptors (Lipinski definition) is 4. The molecule has 0 aliphatic rings. The normalized spacial score (nSPS) is 11.8. The Morgan fingerprint density at radius 2 is 2.00 bits per heavy atom. The molecular formula is C18H22N4O2. The van der Waals surface area contributed by atoms with Crippen molar-refractivity contribution < 1.29 is 9.21 Å². The summed E-state index contributed by atoms with van der Waals surface area (Å²) in [6.07, 6.45) is 0.678. The van der Waals surface area contributed by atoms with E-state index in [1.807, 2.05) is 62.6 Å². The van der Waals surface area contributed by atoms with Crippen LogP contribution >= 0.6 is 0 Å². The average molecular weight is 326 g/mol. The summed E-state index contributed by atoms with van der Waals surface area (Å²) in [5, 5.41) is 12.2. The minimum atomic E-state index is -0.278. The van der Waals surface area contributed by atoms with Crippen LogP contribution in [-0.4, -0.2) is 26.2 Å². The van der Waals surface area contributed by atoms with Gasteiger partial charge in [0.15, 0.2) is 0 Å². The highest BCUT2D eigenvalue weighted by atomic mass is 16.4. The zero-order valence-electron chi connectivity index (χ0n) is 14.5. The van der Waals surface area contributed by atoms with Crippen molar-refractivity contribution in [2.75, 3.05) is 0 Å². The first-order valence-corrected chi connectivity index (χ1v) is 8.09. The first-order valence-electron chi connectivity index (χ1n) is 8.09. The fraction of sp³-hybridized carbons (Fsp3) is 0.389. The molecule has 0 radical (unpaired) electrons. The topological polar surface area (TPSA) is 73.0 Å². The number of carbonyl (C=O) groups excluding carboxylic acids is 1. The number of para-hydroxylation sites is 1. The zero-order valence-corrected chi connectivity index (χ0v) is 14.5. The van der Waals surface area contributed by atoms with E-state index in [-0.39, 0.29) is 18.0 Å². The summed E-state index contributed by atoms with van der Waals surface area (Å²) in [5.41, 5.74) is 1.44. The van der Waals surface area contributed by atoms with Gasteiger partial charge in [0, 0.05) is 22.9 Å². The van der Waals surface area contributed by atoms with Gasteiger partial charge in [-0.1, -0.05) is 25.1 Å². The fourth-order valence-electron chi connectivity index (χ4n) is 2.66. The lowest BCUT2D eigenvalue weighted by Crippen LogP contribution is -2.42. The molecule has 6 heteroatoms. The summed E-state index contributed by atoms with van der Waals surface area (Å²) >= 11 is 0. The van der Waals surface area contributed by atoms with Crippen molar-refractivity contribution in [3.63, 3.8) is 0 Å². The van der Waals surface area contributed by atoms with Gasteiger partial charge >= 0.3 is 0 Å². The third-order valence-corrected chi connectivity index (χ3v) is 3.62. The zero-order chi connectivity index (χ0) is 17.3. The molecule has 6 nitrogen and oxygen atoms in total. The van der Waals surface area contributed by atoms with Gasteiger partial charge in [-0.15, -0.1) is 10.2 Å². The highest BCUT2D eigenvalue weighted by molar-refractivity contribution is 5.88. The van der Waals surface area contributed by atoms with Crippen LogP contribution in [0.15, 0.2) is 34.7 Å². The van der Waals surface area contributed by atoms with Crippen LogP contribution in [0.4, 0.5) is 0 Å². The van der Waals surface area contributed by atoms with Gasteiger partial charge in [0.2, 0.25) is 11.8 Å².